The van der Waals surface area contributed by atoms with Crippen molar-refractivity contribution in [3.63, 3.8) is 0 Å². The molecular weight excluding hydrogens is 236 g/mol. The molecule has 2 rings (SSSR count). The molecule has 0 aliphatic rings. The van der Waals surface area contributed by atoms with Crippen molar-refractivity contribution in [1.82, 2.24) is 9.97 Å². The average molecular weight is 248 g/mol. The molecule has 2 N–H and O–H groups in total. The molecule has 0 bridgehead atoms. The molecular formula is C11H12N4O3. The van der Waals surface area contributed by atoms with Gasteiger partial charge in [-0.2, -0.15) is 0 Å². The van der Waals surface area contributed by atoms with Crippen LogP contribution in [0.4, 0.5) is 11.6 Å². The minimum atomic E-state index is -0.480. The van der Waals surface area contributed by atoms with E-state index in [0.29, 0.717) is 17.0 Å². The number of nitro groups is 1. The Balaban J connectivity index is 2.33. The summed E-state index contributed by atoms with van der Waals surface area (Å²) in [5, 5.41) is 13.2. The number of carbonyl (C=O) groups excluding carboxylic acids is 1. The quantitative estimate of drug-likeness (QED) is 0.641. The molecule has 0 aliphatic heterocycles. The Bertz CT molecular complexity index is 618. The number of hydrogen-bond donors (Lipinski definition) is 2. The maximum Gasteiger partial charge on any atom is 0.271 e. The number of benzene rings is 1. The second kappa shape index (κ2) is 4.44. The summed E-state index contributed by atoms with van der Waals surface area (Å²) in [5.41, 5.74) is 1.07. The van der Waals surface area contributed by atoms with Crippen molar-refractivity contribution in [2.45, 2.75) is 13.8 Å². The number of non-ortho nitro benzene ring substituents is 1. The van der Waals surface area contributed by atoms with Gasteiger partial charge in [-0.3, -0.25) is 20.2 Å². The molecule has 1 aromatic heterocycles. The van der Waals surface area contributed by atoms with Gasteiger partial charge in [-0.05, 0) is 6.07 Å². The lowest BCUT2D eigenvalue weighted by Gasteiger charge is -2.03. The first kappa shape index (κ1) is 12.0. The van der Waals surface area contributed by atoms with Crippen molar-refractivity contribution in [3.8, 4) is 0 Å². The Morgan fingerprint density at radius 1 is 1.50 bits per heavy atom. The maximum absolute atomic E-state index is 11.5. The van der Waals surface area contributed by atoms with Crippen LogP contribution in [0.1, 0.15) is 13.8 Å². The number of rotatable bonds is 3. The largest absolute Gasteiger partial charge is 0.324 e. The molecule has 0 aliphatic carbocycles. The Labute approximate surface area is 102 Å². The summed E-state index contributed by atoms with van der Waals surface area (Å²) >= 11 is 0. The normalized spacial score (nSPS) is 10.8. The SMILES string of the molecule is CC(C)C(=O)Nc1nc2ccc([N+](=O)[O-])cc2[nH]1. The van der Waals surface area contributed by atoms with Crippen molar-refractivity contribution >= 4 is 28.6 Å². The molecule has 2 aromatic rings. The molecule has 0 atom stereocenters. The van der Waals surface area contributed by atoms with Crippen LogP contribution in [0.15, 0.2) is 18.2 Å². The van der Waals surface area contributed by atoms with E-state index in [4.69, 9.17) is 0 Å². The molecule has 1 aromatic carbocycles. The van der Waals surface area contributed by atoms with Gasteiger partial charge in [-0.15, -0.1) is 0 Å². The van der Waals surface area contributed by atoms with Crippen LogP contribution in [0.2, 0.25) is 0 Å². The predicted octanol–water partition coefficient (Wildman–Crippen LogP) is 2.07. The van der Waals surface area contributed by atoms with Crippen LogP contribution >= 0.6 is 0 Å². The fourth-order valence-electron chi connectivity index (χ4n) is 1.43. The molecule has 0 spiro atoms. The van der Waals surface area contributed by atoms with Crippen LogP contribution in [-0.4, -0.2) is 20.8 Å². The number of nitro benzene ring substituents is 1. The zero-order valence-corrected chi connectivity index (χ0v) is 9.93. The highest BCUT2D eigenvalue weighted by Crippen LogP contribution is 2.20. The van der Waals surface area contributed by atoms with Gasteiger partial charge in [-0.25, -0.2) is 4.98 Å². The highest BCUT2D eigenvalue weighted by Gasteiger charge is 2.12. The van der Waals surface area contributed by atoms with Gasteiger partial charge in [0, 0.05) is 18.1 Å². The van der Waals surface area contributed by atoms with Crippen molar-refractivity contribution < 1.29 is 9.72 Å². The zero-order valence-electron chi connectivity index (χ0n) is 9.93. The molecule has 0 radical (unpaired) electrons. The zero-order chi connectivity index (χ0) is 13.3. The summed E-state index contributed by atoms with van der Waals surface area (Å²) < 4.78 is 0. The molecule has 0 unspecified atom stereocenters. The van der Waals surface area contributed by atoms with Crippen LogP contribution < -0.4 is 5.32 Å². The number of aromatic nitrogens is 2. The van der Waals surface area contributed by atoms with Gasteiger partial charge in [0.2, 0.25) is 11.9 Å². The number of amides is 1. The van der Waals surface area contributed by atoms with Crippen LogP contribution in [-0.2, 0) is 4.79 Å². The van der Waals surface area contributed by atoms with Gasteiger partial charge in [0.25, 0.3) is 5.69 Å². The number of anilines is 1. The Morgan fingerprint density at radius 2 is 2.22 bits per heavy atom. The number of nitrogens with zero attached hydrogens (tertiary/aromatic N) is 2. The Kier molecular flexibility index (Phi) is 2.97. The number of nitrogens with one attached hydrogen (secondary N) is 2. The first-order valence-electron chi connectivity index (χ1n) is 5.42. The minimum absolute atomic E-state index is 0.0205. The molecule has 18 heavy (non-hydrogen) atoms. The van der Waals surface area contributed by atoms with Crippen LogP contribution in [0.3, 0.4) is 0 Å². The number of carbonyl (C=O) groups is 1. The van der Waals surface area contributed by atoms with Gasteiger partial charge in [0.05, 0.1) is 16.0 Å². The van der Waals surface area contributed by atoms with Crippen molar-refractivity contribution in [3.05, 3.63) is 28.3 Å². The molecule has 0 saturated carbocycles. The van der Waals surface area contributed by atoms with E-state index in [2.05, 4.69) is 15.3 Å². The number of aromatic amines is 1. The summed E-state index contributed by atoms with van der Waals surface area (Å²) in [7, 11) is 0. The molecule has 1 amide bonds. The minimum Gasteiger partial charge on any atom is -0.324 e. The summed E-state index contributed by atoms with van der Waals surface area (Å²) in [6, 6.07) is 4.29. The summed E-state index contributed by atoms with van der Waals surface area (Å²) in [6.07, 6.45) is 0. The van der Waals surface area contributed by atoms with Gasteiger partial charge in [0.15, 0.2) is 0 Å². The van der Waals surface area contributed by atoms with Gasteiger partial charge >= 0.3 is 0 Å². The predicted molar refractivity (Wildman–Crippen MR) is 66.2 cm³/mol. The van der Waals surface area contributed by atoms with Crippen LogP contribution in [0.25, 0.3) is 11.0 Å². The molecule has 7 heteroatoms. The lowest BCUT2D eigenvalue weighted by atomic mass is 10.2. The van der Waals surface area contributed by atoms with Crippen molar-refractivity contribution in [1.29, 1.82) is 0 Å². The second-order valence-corrected chi connectivity index (χ2v) is 4.19. The fourth-order valence-corrected chi connectivity index (χ4v) is 1.43. The van der Waals surface area contributed by atoms with E-state index in [-0.39, 0.29) is 17.5 Å². The Morgan fingerprint density at radius 3 is 2.83 bits per heavy atom. The van der Waals surface area contributed by atoms with E-state index >= 15 is 0 Å². The number of hydrogen-bond acceptors (Lipinski definition) is 4. The molecule has 7 nitrogen and oxygen atoms in total. The standard InChI is InChI=1S/C11H12N4O3/c1-6(2)10(16)14-11-12-8-4-3-7(15(17)18)5-9(8)13-11/h3-6H,1-2H3,(H2,12,13,14,16). The van der Waals surface area contributed by atoms with Crippen molar-refractivity contribution in [2.24, 2.45) is 5.92 Å². The number of H-pyrrole nitrogens is 1. The van der Waals surface area contributed by atoms with Crippen LogP contribution in [0.5, 0.6) is 0 Å². The number of imidazole rings is 1. The molecule has 1 heterocycles. The van der Waals surface area contributed by atoms with Gasteiger partial charge in [0.1, 0.15) is 0 Å². The summed E-state index contributed by atoms with van der Waals surface area (Å²) in [6.45, 7) is 3.53. The lowest BCUT2D eigenvalue weighted by Crippen LogP contribution is -2.18. The third kappa shape index (κ3) is 2.29. The second-order valence-electron chi connectivity index (χ2n) is 4.19. The average Bonchev–Trinajstić information content (AvgIpc) is 2.69. The highest BCUT2D eigenvalue weighted by atomic mass is 16.6. The van der Waals surface area contributed by atoms with E-state index in [1.807, 2.05) is 0 Å². The molecule has 0 saturated heterocycles. The molecule has 94 valence electrons. The van der Waals surface area contributed by atoms with Crippen LogP contribution in [0, 0.1) is 16.0 Å². The third-order valence-electron chi connectivity index (χ3n) is 2.44. The van der Waals surface area contributed by atoms with E-state index in [1.54, 1.807) is 13.8 Å². The van der Waals surface area contributed by atoms with Crippen molar-refractivity contribution in [2.75, 3.05) is 5.32 Å². The first-order valence-corrected chi connectivity index (χ1v) is 5.42. The lowest BCUT2D eigenvalue weighted by molar-refractivity contribution is -0.384. The smallest absolute Gasteiger partial charge is 0.271 e. The van der Waals surface area contributed by atoms with Gasteiger partial charge < -0.3 is 4.98 Å². The molecule has 0 fully saturated rings. The van der Waals surface area contributed by atoms with E-state index in [0.717, 1.165) is 0 Å². The first-order chi connectivity index (χ1) is 8.47. The van der Waals surface area contributed by atoms with E-state index in [1.165, 1.54) is 18.2 Å². The van der Waals surface area contributed by atoms with E-state index < -0.39 is 4.92 Å². The summed E-state index contributed by atoms with van der Waals surface area (Å²) in [4.78, 5) is 28.6. The van der Waals surface area contributed by atoms with E-state index in [9.17, 15) is 14.9 Å². The number of fused-ring (bicyclic) bond motifs is 1. The van der Waals surface area contributed by atoms with Gasteiger partial charge in [-0.1, -0.05) is 13.8 Å². The highest BCUT2D eigenvalue weighted by molar-refractivity contribution is 5.92. The fraction of sp³-hybridized carbons (Fsp3) is 0.273. The third-order valence-corrected chi connectivity index (χ3v) is 2.44. The topological polar surface area (TPSA) is 101 Å². The summed E-state index contributed by atoms with van der Waals surface area (Å²) in [5.74, 6) is -0.0275. The Hall–Kier alpha value is -2.44. The maximum atomic E-state index is 11.5. The monoisotopic (exact) mass is 248 g/mol.